The summed E-state index contributed by atoms with van der Waals surface area (Å²) in [4.78, 5) is 24.8. The van der Waals surface area contributed by atoms with Crippen molar-refractivity contribution < 1.29 is 4.79 Å². The summed E-state index contributed by atoms with van der Waals surface area (Å²) in [5.74, 6) is 0.180. The molecule has 136 valence electrons. The average molecular weight is 387 g/mol. The summed E-state index contributed by atoms with van der Waals surface area (Å²) in [5.41, 5.74) is 5.10. The van der Waals surface area contributed by atoms with E-state index in [0.717, 1.165) is 27.8 Å². The van der Waals surface area contributed by atoms with Gasteiger partial charge in [-0.2, -0.15) is 0 Å². The first-order valence-corrected chi connectivity index (χ1v) is 9.25. The number of halogens is 1. The number of benzene rings is 1. The second kappa shape index (κ2) is 6.62. The van der Waals surface area contributed by atoms with E-state index < -0.39 is 0 Å². The number of imidazole rings is 1. The molecule has 0 fully saturated rings. The molecule has 0 amide bonds. The number of carbonyl (C=O) groups excluding carboxylic acids is 1. The Labute approximate surface area is 165 Å². The zero-order chi connectivity index (χ0) is 19.1. The lowest BCUT2D eigenvalue weighted by molar-refractivity contribution is 0.103. The van der Waals surface area contributed by atoms with E-state index in [9.17, 15) is 4.79 Å². The number of aromatic nitrogens is 4. The summed E-state index contributed by atoms with van der Waals surface area (Å²) in [7, 11) is 0. The Morgan fingerprint density at radius 3 is 2.79 bits per heavy atom. The van der Waals surface area contributed by atoms with E-state index in [1.165, 1.54) is 0 Å². The van der Waals surface area contributed by atoms with E-state index in [0.29, 0.717) is 22.8 Å². The number of ketones is 1. The fourth-order valence-electron chi connectivity index (χ4n) is 3.44. The maximum Gasteiger partial charge on any atom is 0.230 e. The topological polar surface area (TPSA) is 63.0 Å². The van der Waals surface area contributed by atoms with Crippen LogP contribution in [0.3, 0.4) is 0 Å². The van der Waals surface area contributed by atoms with E-state index in [1.807, 2.05) is 59.1 Å². The maximum absolute atomic E-state index is 13.2. The van der Waals surface area contributed by atoms with Crippen molar-refractivity contribution in [2.75, 3.05) is 0 Å². The summed E-state index contributed by atoms with van der Waals surface area (Å²) in [6.45, 7) is 0. The van der Waals surface area contributed by atoms with E-state index in [4.69, 9.17) is 11.6 Å². The number of pyridine rings is 2. The molecule has 0 unspecified atom stereocenters. The summed E-state index contributed by atoms with van der Waals surface area (Å²) in [6.07, 6.45) is 6.00. The van der Waals surface area contributed by atoms with E-state index in [-0.39, 0.29) is 5.78 Å². The van der Waals surface area contributed by atoms with Gasteiger partial charge in [-0.05, 0) is 42.0 Å². The molecule has 28 heavy (non-hydrogen) atoms. The number of carbonyl (C=O) groups is 1. The molecule has 0 saturated heterocycles. The van der Waals surface area contributed by atoms with Crippen LogP contribution in [0.5, 0.6) is 0 Å². The molecule has 5 rings (SSSR count). The van der Waals surface area contributed by atoms with E-state index in [2.05, 4.69) is 15.0 Å². The number of hydrogen-bond donors (Lipinski definition) is 1. The van der Waals surface area contributed by atoms with Crippen molar-refractivity contribution in [2.24, 2.45) is 0 Å². The number of rotatable bonds is 4. The van der Waals surface area contributed by atoms with Crippen LogP contribution in [0.15, 0.2) is 73.2 Å². The minimum atomic E-state index is -0.137. The van der Waals surface area contributed by atoms with Gasteiger partial charge in [-0.25, -0.2) is 4.98 Å². The van der Waals surface area contributed by atoms with Gasteiger partial charge in [-0.15, -0.1) is 0 Å². The molecule has 0 aliphatic carbocycles. The quantitative estimate of drug-likeness (QED) is 0.456. The molecule has 5 aromatic rings. The van der Waals surface area contributed by atoms with Crippen molar-refractivity contribution in [3.8, 4) is 0 Å². The smallest absolute Gasteiger partial charge is 0.230 e. The van der Waals surface area contributed by atoms with Gasteiger partial charge >= 0.3 is 0 Å². The van der Waals surface area contributed by atoms with Gasteiger partial charge in [0.2, 0.25) is 5.78 Å². The normalized spacial score (nSPS) is 11.3. The molecule has 1 aromatic carbocycles. The lowest BCUT2D eigenvalue weighted by Gasteiger charge is -2.03. The van der Waals surface area contributed by atoms with E-state index in [1.54, 1.807) is 18.5 Å². The van der Waals surface area contributed by atoms with Crippen molar-refractivity contribution in [3.05, 3.63) is 101 Å². The molecule has 0 aliphatic rings. The van der Waals surface area contributed by atoms with Crippen molar-refractivity contribution in [1.82, 2.24) is 19.4 Å². The Kier molecular flexibility index (Phi) is 3.95. The molecular weight excluding hydrogens is 372 g/mol. The largest absolute Gasteiger partial charge is 0.334 e. The fraction of sp³-hybridized carbons (Fsp3) is 0.0455. The van der Waals surface area contributed by atoms with Crippen LogP contribution in [-0.2, 0) is 6.42 Å². The van der Waals surface area contributed by atoms with Gasteiger partial charge in [0.25, 0.3) is 0 Å². The van der Waals surface area contributed by atoms with Gasteiger partial charge in [-0.3, -0.25) is 9.78 Å². The Hall–Kier alpha value is -3.44. The number of nitrogens with zero attached hydrogens (tertiary/aromatic N) is 3. The highest BCUT2D eigenvalue weighted by Crippen LogP contribution is 2.23. The predicted molar refractivity (Wildman–Crippen MR) is 109 cm³/mol. The summed E-state index contributed by atoms with van der Waals surface area (Å²) >= 11 is 5.99. The fourth-order valence-corrected chi connectivity index (χ4v) is 3.57. The van der Waals surface area contributed by atoms with Crippen molar-refractivity contribution in [3.63, 3.8) is 0 Å². The SMILES string of the molecule is O=C(c1nc2ccncc2[nH]1)c1cc(Cc2ccc(Cl)cc2)n2ccccc12. The third kappa shape index (κ3) is 2.86. The second-order valence-electron chi connectivity index (χ2n) is 6.62. The van der Waals surface area contributed by atoms with Gasteiger partial charge < -0.3 is 9.38 Å². The molecule has 1 N–H and O–H groups in total. The minimum Gasteiger partial charge on any atom is -0.334 e. The Bertz CT molecular complexity index is 1280. The highest BCUT2D eigenvalue weighted by atomic mass is 35.5. The lowest BCUT2D eigenvalue weighted by atomic mass is 10.1. The van der Waals surface area contributed by atoms with Crippen LogP contribution in [0.25, 0.3) is 16.6 Å². The summed E-state index contributed by atoms with van der Waals surface area (Å²) < 4.78 is 2.05. The molecule has 0 aliphatic heterocycles. The predicted octanol–water partition coefficient (Wildman–Crippen LogP) is 4.69. The van der Waals surface area contributed by atoms with Crippen LogP contribution in [0.1, 0.15) is 27.4 Å². The molecular formula is C22H15ClN4O. The van der Waals surface area contributed by atoms with Crippen molar-refractivity contribution in [2.45, 2.75) is 6.42 Å². The zero-order valence-corrected chi connectivity index (χ0v) is 15.5. The standard InChI is InChI=1S/C22H15ClN4O/c23-15-6-4-14(5-7-15)11-16-12-17(20-3-1-2-10-27(16)20)21(28)22-25-18-8-9-24-13-19(18)26-22/h1-10,12-13H,11H2,(H,25,26). The molecule has 0 atom stereocenters. The monoisotopic (exact) mass is 386 g/mol. The average Bonchev–Trinajstić information content (AvgIpc) is 3.31. The Morgan fingerprint density at radius 2 is 1.96 bits per heavy atom. The van der Waals surface area contributed by atoms with Crippen LogP contribution in [0, 0.1) is 0 Å². The molecule has 0 saturated carbocycles. The first kappa shape index (κ1) is 16.7. The molecule has 4 aromatic heterocycles. The van der Waals surface area contributed by atoms with Crippen LogP contribution in [0.2, 0.25) is 5.02 Å². The Morgan fingerprint density at radius 1 is 1.11 bits per heavy atom. The lowest BCUT2D eigenvalue weighted by Crippen LogP contribution is -2.03. The maximum atomic E-state index is 13.2. The molecule has 5 nitrogen and oxygen atoms in total. The highest BCUT2D eigenvalue weighted by molar-refractivity contribution is 6.30. The molecule has 0 spiro atoms. The molecule has 6 heteroatoms. The summed E-state index contributed by atoms with van der Waals surface area (Å²) in [5, 5.41) is 0.707. The first-order valence-electron chi connectivity index (χ1n) is 8.87. The second-order valence-corrected chi connectivity index (χ2v) is 7.05. The van der Waals surface area contributed by atoms with Gasteiger partial charge in [0.15, 0.2) is 5.82 Å². The van der Waals surface area contributed by atoms with Crippen LogP contribution in [0.4, 0.5) is 0 Å². The first-order chi connectivity index (χ1) is 13.7. The van der Waals surface area contributed by atoms with E-state index >= 15 is 0 Å². The van der Waals surface area contributed by atoms with Gasteiger partial charge in [-0.1, -0.05) is 29.8 Å². The third-order valence-electron chi connectivity index (χ3n) is 4.80. The Balaban J connectivity index is 1.59. The summed E-state index contributed by atoms with van der Waals surface area (Å²) in [6, 6.07) is 17.3. The molecule has 0 radical (unpaired) electrons. The zero-order valence-electron chi connectivity index (χ0n) is 14.8. The van der Waals surface area contributed by atoms with Crippen molar-refractivity contribution >= 4 is 33.9 Å². The number of aromatic amines is 1. The number of fused-ring (bicyclic) bond motifs is 2. The van der Waals surface area contributed by atoms with Crippen LogP contribution < -0.4 is 0 Å². The van der Waals surface area contributed by atoms with Gasteiger partial charge in [0.1, 0.15) is 0 Å². The van der Waals surface area contributed by atoms with Crippen molar-refractivity contribution in [1.29, 1.82) is 0 Å². The molecule has 0 bridgehead atoms. The molecule has 4 heterocycles. The van der Waals surface area contributed by atoms with Gasteiger partial charge in [0, 0.05) is 29.5 Å². The number of hydrogen-bond acceptors (Lipinski definition) is 3. The highest BCUT2D eigenvalue weighted by Gasteiger charge is 2.20. The third-order valence-corrected chi connectivity index (χ3v) is 5.05. The number of H-pyrrole nitrogens is 1. The number of nitrogens with one attached hydrogen (secondary N) is 1. The van der Waals surface area contributed by atoms with Crippen LogP contribution in [-0.4, -0.2) is 25.1 Å². The minimum absolute atomic E-state index is 0.137. The van der Waals surface area contributed by atoms with Crippen LogP contribution >= 0.6 is 11.6 Å². The van der Waals surface area contributed by atoms with Gasteiger partial charge in [0.05, 0.1) is 28.3 Å².